The number of aryl methyl sites for hydroxylation is 2. The van der Waals surface area contributed by atoms with E-state index in [1.807, 2.05) is 6.33 Å². The Bertz CT molecular complexity index is 1250. The Morgan fingerprint density at radius 2 is 1.78 bits per heavy atom. The first-order valence-corrected chi connectivity index (χ1v) is 9.38. The monoisotopic (exact) mass is 355 g/mol. The molecule has 3 nitrogen and oxygen atoms in total. The van der Waals surface area contributed by atoms with Crippen molar-refractivity contribution in [1.82, 2.24) is 4.98 Å². The normalized spacial score (nSPS) is 12.9. The topological polar surface area (TPSA) is 26.0 Å². The average Bonchev–Trinajstić information content (AvgIpc) is 2.63. The number of hydrogen-bond acceptors (Lipinski definition) is 2. The maximum atomic E-state index is 6.48. The van der Waals surface area contributed by atoms with Crippen LogP contribution >= 0.6 is 0 Å². The highest BCUT2D eigenvalue weighted by Crippen LogP contribution is 2.48. The Morgan fingerprint density at radius 1 is 1.00 bits per heavy atom. The molecule has 3 heteroatoms. The molecule has 1 aliphatic rings. The highest BCUT2D eigenvalue weighted by Gasteiger charge is 2.31. The van der Waals surface area contributed by atoms with E-state index in [0.717, 1.165) is 22.4 Å². The molecule has 0 fully saturated rings. The molecule has 1 aliphatic heterocycles. The van der Waals surface area contributed by atoms with Gasteiger partial charge in [0.15, 0.2) is 11.2 Å². The van der Waals surface area contributed by atoms with Crippen LogP contribution in [0.15, 0.2) is 48.8 Å². The summed E-state index contributed by atoms with van der Waals surface area (Å²) in [5.41, 5.74) is 5.85. The number of nitrogens with zero attached hydrogens (tertiary/aromatic N) is 2. The molecule has 0 bridgehead atoms. The molecule has 0 N–H and O–H groups in total. The predicted octanol–water partition coefficient (Wildman–Crippen LogP) is 5.59. The highest BCUT2D eigenvalue weighted by molar-refractivity contribution is 6.04. The van der Waals surface area contributed by atoms with E-state index in [-0.39, 0.29) is 5.41 Å². The van der Waals surface area contributed by atoms with Crippen LogP contribution < -0.4 is 9.30 Å². The number of benzene rings is 3. The molecule has 0 radical (unpaired) electrons. The summed E-state index contributed by atoms with van der Waals surface area (Å²) in [6.07, 6.45) is 1.91. The molecular formula is C24H23N2O+. The molecule has 3 aromatic carbocycles. The Morgan fingerprint density at radius 3 is 2.56 bits per heavy atom. The van der Waals surface area contributed by atoms with Crippen molar-refractivity contribution in [3.8, 4) is 22.8 Å². The van der Waals surface area contributed by atoms with Crippen molar-refractivity contribution in [3.63, 3.8) is 0 Å². The summed E-state index contributed by atoms with van der Waals surface area (Å²) in [7, 11) is 2.06. The van der Waals surface area contributed by atoms with Gasteiger partial charge in [-0.3, -0.25) is 0 Å². The van der Waals surface area contributed by atoms with E-state index in [1.165, 1.54) is 33.2 Å². The number of ether oxygens (including phenoxy) is 1. The fourth-order valence-corrected chi connectivity index (χ4v) is 4.13. The van der Waals surface area contributed by atoms with E-state index in [4.69, 9.17) is 9.72 Å². The molecule has 2 heterocycles. The second kappa shape index (κ2) is 5.29. The molecular weight excluding hydrogens is 332 g/mol. The Hall–Kier alpha value is -2.94. The van der Waals surface area contributed by atoms with Gasteiger partial charge in [-0.1, -0.05) is 45.0 Å². The zero-order valence-electron chi connectivity index (χ0n) is 16.4. The lowest BCUT2D eigenvalue weighted by Crippen LogP contribution is -2.33. The van der Waals surface area contributed by atoms with E-state index < -0.39 is 0 Å². The van der Waals surface area contributed by atoms with Crippen LogP contribution in [0.4, 0.5) is 0 Å². The molecule has 0 spiro atoms. The van der Waals surface area contributed by atoms with Gasteiger partial charge in [-0.05, 0) is 57.4 Å². The summed E-state index contributed by atoms with van der Waals surface area (Å²) in [5, 5.41) is 3.57. The zero-order chi connectivity index (χ0) is 18.9. The minimum atomic E-state index is 0.0352. The van der Waals surface area contributed by atoms with Gasteiger partial charge in [-0.25, -0.2) is 4.57 Å². The van der Waals surface area contributed by atoms with Gasteiger partial charge in [0.05, 0.1) is 12.6 Å². The molecule has 0 saturated heterocycles. The fraction of sp³-hybridized carbons (Fsp3) is 0.250. The van der Waals surface area contributed by atoms with Gasteiger partial charge in [-0.15, -0.1) is 0 Å². The third-order valence-electron chi connectivity index (χ3n) is 5.64. The SMILES string of the molecule is Cc1c2c(cc3ccccc13)Oc1cc(C(C)(C)C)cc3nc[n+](C)c-2c13. The maximum Gasteiger partial charge on any atom is 0.287 e. The molecule has 4 aromatic rings. The van der Waals surface area contributed by atoms with E-state index in [1.54, 1.807) is 0 Å². The van der Waals surface area contributed by atoms with Crippen LogP contribution in [0.1, 0.15) is 31.9 Å². The van der Waals surface area contributed by atoms with Crippen molar-refractivity contribution in [3.05, 3.63) is 59.9 Å². The van der Waals surface area contributed by atoms with E-state index in [2.05, 4.69) is 81.8 Å². The molecule has 27 heavy (non-hydrogen) atoms. The Balaban J connectivity index is 1.94. The lowest BCUT2D eigenvalue weighted by atomic mass is 9.85. The van der Waals surface area contributed by atoms with Crippen LogP contribution in [0.2, 0.25) is 0 Å². The third kappa shape index (κ3) is 2.27. The molecule has 0 aliphatic carbocycles. The van der Waals surface area contributed by atoms with Gasteiger partial charge in [0.25, 0.3) is 6.33 Å². The van der Waals surface area contributed by atoms with Gasteiger partial charge < -0.3 is 4.74 Å². The van der Waals surface area contributed by atoms with Gasteiger partial charge in [0.1, 0.15) is 16.9 Å². The lowest BCUT2D eigenvalue weighted by Gasteiger charge is -2.25. The maximum absolute atomic E-state index is 6.48. The number of fused-ring (bicyclic) bond motifs is 3. The number of rotatable bonds is 0. The van der Waals surface area contributed by atoms with Crippen molar-refractivity contribution in [1.29, 1.82) is 0 Å². The van der Waals surface area contributed by atoms with Crippen molar-refractivity contribution < 1.29 is 9.30 Å². The van der Waals surface area contributed by atoms with Crippen molar-refractivity contribution in [2.75, 3.05) is 0 Å². The van der Waals surface area contributed by atoms with Crippen LogP contribution in [0.5, 0.6) is 11.5 Å². The summed E-state index contributed by atoms with van der Waals surface area (Å²) >= 11 is 0. The van der Waals surface area contributed by atoms with Crippen LogP contribution in [-0.4, -0.2) is 4.98 Å². The smallest absolute Gasteiger partial charge is 0.287 e. The molecule has 0 saturated carbocycles. The second-order valence-corrected chi connectivity index (χ2v) is 8.52. The van der Waals surface area contributed by atoms with Crippen LogP contribution in [0, 0.1) is 6.92 Å². The first-order valence-electron chi connectivity index (χ1n) is 9.38. The summed E-state index contributed by atoms with van der Waals surface area (Å²) in [4.78, 5) is 4.71. The quantitative estimate of drug-likeness (QED) is 0.338. The van der Waals surface area contributed by atoms with Crippen LogP contribution in [-0.2, 0) is 12.5 Å². The zero-order valence-corrected chi connectivity index (χ0v) is 16.4. The highest BCUT2D eigenvalue weighted by atomic mass is 16.5. The number of hydrogen-bond donors (Lipinski definition) is 0. The van der Waals surface area contributed by atoms with Gasteiger partial charge in [-0.2, -0.15) is 0 Å². The predicted molar refractivity (Wildman–Crippen MR) is 109 cm³/mol. The third-order valence-corrected chi connectivity index (χ3v) is 5.64. The molecule has 0 amide bonds. The largest absolute Gasteiger partial charge is 0.456 e. The van der Waals surface area contributed by atoms with E-state index >= 15 is 0 Å². The van der Waals surface area contributed by atoms with Gasteiger partial charge in [0, 0.05) is 0 Å². The Kier molecular flexibility index (Phi) is 3.18. The van der Waals surface area contributed by atoms with Crippen LogP contribution in [0.3, 0.4) is 0 Å². The standard InChI is InChI=1S/C24H23N2O/c1-14-17-9-7-6-8-15(17)10-19-21(14)23-22-18(25-13-26(23)5)11-16(24(2,3)4)12-20(22)27-19/h6-13H,1-5H3/q+1. The van der Waals surface area contributed by atoms with Gasteiger partial charge in [0.2, 0.25) is 0 Å². The summed E-state index contributed by atoms with van der Waals surface area (Å²) < 4.78 is 8.59. The molecule has 1 aromatic heterocycles. The number of aromatic nitrogens is 2. The van der Waals surface area contributed by atoms with E-state index in [9.17, 15) is 0 Å². The first-order chi connectivity index (χ1) is 12.8. The van der Waals surface area contributed by atoms with E-state index in [0.29, 0.717) is 0 Å². The molecule has 134 valence electrons. The summed E-state index contributed by atoms with van der Waals surface area (Å²) in [5.74, 6) is 1.83. The average molecular weight is 355 g/mol. The molecule has 5 rings (SSSR count). The lowest BCUT2D eigenvalue weighted by molar-refractivity contribution is -0.662. The van der Waals surface area contributed by atoms with Crippen molar-refractivity contribution in [2.45, 2.75) is 33.1 Å². The summed E-state index contributed by atoms with van der Waals surface area (Å²) in [6.45, 7) is 8.85. The second-order valence-electron chi connectivity index (χ2n) is 8.52. The van der Waals surface area contributed by atoms with Gasteiger partial charge >= 0.3 is 0 Å². The molecule has 0 atom stereocenters. The molecule has 0 unspecified atom stereocenters. The first kappa shape index (κ1) is 16.2. The fourth-order valence-electron chi connectivity index (χ4n) is 4.13. The van der Waals surface area contributed by atoms with Crippen LogP contribution in [0.25, 0.3) is 32.9 Å². The minimum Gasteiger partial charge on any atom is -0.456 e. The van der Waals surface area contributed by atoms with Crippen molar-refractivity contribution in [2.24, 2.45) is 7.05 Å². The van der Waals surface area contributed by atoms with Crippen molar-refractivity contribution >= 4 is 21.7 Å². The summed E-state index contributed by atoms with van der Waals surface area (Å²) in [6, 6.07) is 15.0. The minimum absolute atomic E-state index is 0.0352. The Labute approximate surface area is 159 Å².